The second kappa shape index (κ2) is 7.87. The van der Waals surface area contributed by atoms with Gasteiger partial charge >= 0.3 is 0 Å². The van der Waals surface area contributed by atoms with Gasteiger partial charge in [-0.05, 0) is 23.6 Å². The molecule has 20 heavy (non-hydrogen) atoms. The Balaban J connectivity index is 2.42. The summed E-state index contributed by atoms with van der Waals surface area (Å²) in [5.74, 6) is -0.141. The van der Waals surface area contributed by atoms with E-state index in [9.17, 15) is 9.59 Å². The van der Waals surface area contributed by atoms with Crippen molar-refractivity contribution < 1.29 is 9.59 Å². The molecule has 0 aliphatic heterocycles. The Labute approximate surface area is 123 Å². The average Bonchev–Trinajstić information content (AvgIpc) is 2.38. The number of hydrogen-bond acceptors (Lipinski definition) is 3. The van der Waals surface area contributed by atoms with Crippen molar-refractivity contribution in [2.24, 2.45) is 11.7 Å². The summed E-state index contributed by atoms with van der Waals surface area (Å²) >= 11 is 6.04. The lowest BCUT2D eigenvalue weighted by Crippen LogP contribution is -2.35. The topological polar surface area (TPSA) is 84.2 Å². The van der Waals surface area contributed by atoms with E-state index in [1.807, 2.05) is 13.8 Å². The maximum atomic E-state index is 11.5. The number of carbonyl (C=O) groups excluding carboxylic acids is 2. The van der Waals surface area contributed by atoms with Gasteiger partial charge in [-0.3, -0.25) is 9.59 Å². The third-order valence-corrected chi connectivity index (χ3v) is 3.00. The first-order valence-corrected chi connectivity index (χ1v) is 6.83. The predicted octanol–water partition coefficient (Wildman–Crippen LogP) is 1.30. The van der Waals surface area contributed by atoms with Crippen LogP contribution in [0.2, 0.25) is 5.02 Å². The summed E-state index contributed by atoms with van der Waals surface area (Å²) in [6.45, 7) is 5.41. The van der Waals surface area contributed by atoms with Gasteiger partial charge in [0.1, 0.15) is 0 Å². The minimum absolute atomic E-state index is 0.0522. The van der Waals surface area contributed by atoms with E-state index in [0.29, 0.717) is 29.6 Å². The van der Waals surface area contributed by atoms with Gasteiger partial charge in [0.2, 0.25) is 11.8 Å². The van der Waals surface area contributed by atoms with Gasteiger partial charge in [0, 0.05) is 23.7 Å². The summed E-state index contributed by atoms with van der Waals surface area (Å²) in [7, 11) is 0. The normalized spacial score (nSPS) is 10.6. The van der Waals surface area contributed by atoms with Gasteiger partial charge in [0.05, 0.1) is 6.54 Å². The van der Waals surface area contributed by atoms with Crippen molar-refractivity contribution >= 4 is 23.4 Å². The molecule has 6 heteroatoms. The fourth-order valence-corrected chi connectivity index (χ4v) is 1.78. The molecule has 1 rings (SSSR count). The van der Waals surface area contributed by atoms with Gasteiger partial charge in [-0.1, -0.05) is 31.5 Å². The molecule has 0 aromatic heterocycles. The maximum absolute atomic E-state index is 11.5. The van der Waals surface area contributed by atoms with Crippen molar-refractivity contribution in [3.8, 4) is 0 Å². The highest BCUT2D eigenvalue weighted by atomic mass is 35.5. The van der Waals surface area contributed by atoms with Crippen molar-refractivity contribution in [3.63, 3.8) is 0 Å². The molecule has 0 unspecified atom stereocenters. The third-order valence-electron chi connectivity index (χ3n) is 2.65. The van der Waals surface area contributed by atoms with E-state index in [-0.39, 0.29) is 12.5 Å². The summed E-state index contributed by atoms with van der Waals surface area (Å²) in [6, 6.07) is 4.87. The average molecular weight is 298 g/mol. The first-order chi connectivity index (χ1) is 9.40. The smallest absolute Gasteiger partial charge is 0.248 e. The molecule has 5 nitrogen and oxygen atoms in total. The van der Waals surface area contributed by atoms with Crippen molar-refractivity contribution in [2.45, 2.75) is 20.4 Å². The summed E-state index contributed by atoms with van der Waals surface area (Å²) < 4.78 is 0. The van der Waals surface area contributed by atoms with Crippen LogP contribution in [-0.2, 0) is 11.3 Å². The molecule has 110 valence electrons. The van der Waals surface area contributed by atoms with Crippen LogP contribution in [0.4, 0.5) is 0 Å². The van der Waals surface area contributed by atoms with Crippen LogP contribution in [-0.4, -0.2) is 24.9 Å². The van der Waals surface area contributed by atoms with Crippen LogP contribution in [0.3, 0.4) is 0 Å². The number of primary amides is 1. The summed E-state index contributed by atoms with van der Waals surface area (Å²) in [5.41, 5.74) is 6.35. The number of halogens is 1. The Morgan fingerprint density at radius 3 is 2.60 bits per heavy atom. The number of benzene rings is 1. The largest absolute Gasteiger partial charge is 0.366 e. The van der Waals surface area contributed by atoms with Crippen LogP contribution in [0.5, 0.6) is 0 Å². The summed E-state index contributed by atoms with van der Waals surface area (Å²) in [5, 5.41) is 6.27. The molecule has 0 heterocycles. The molecule has 2 amide bonds. The third kappa shape index (κ3) is 5.59. The van der Waals surface area contributed by atoms with E-state index < -0.39 is 5.91 Å². The molecular formula is C14H20ClN3O2. The zero-order valence-electron chi connectivity index (χ0n) is 11.7. The zero-order chi connectivity index (χ0) is 15.1. The molecule has 0 aliphatic carbocycles. The molecule has 0 fully saturated rings. The van der Waals surface area contributed by atoms with Crippen LogP contribution in [0.15, 0.2) is 18.2 Å². The van der Waals surface area contributed by atoms with Crippen LogP contribution >= 0.6 is 11.6 Å². The summed E-state index contributed by atoms with van der Waals surface area (Å²) in [6.07, 6.45) is 0. The highest BCUT2D eigenvalue weighted by Gasteiger charge is 2.06. The minimum Gasteiger partial charge on any atom is -0.366 e. The van der Waals surface area contributed by atoms with Crippen LogP contribution < -0.4 is 16.4 Å². The molecular weight excluding hydrogens is 278 g/mol. The predicted molar refractivity (Wildman–Crippen MR) is 79.5 cm³/mol. The van der Waals surface area contributed by atoms with E-state index in [2.05, 4.69) is 10.6 Å². The Morgan fingerprint density at radius 1 is 1.35 bits per heavy atom. The van der Waals surface area contributed by atoms with Gasteiger partial charge < -0.3 is 16.4 Å². The maximum Gasteiger partial charge on any atom is 0.248 e. The van der Waals surface area contributed by atoms with Crippen molar-refractivity contribution in [3.05, 3.63) is 34.3 Å². The molecule has 1 aromatic carbocycles. The first kappa shape index (κ1) is 16.5. The lowest BCUT2D eigenvalue weighted by molar-refractivity contribution is -0.120. The zero-order valence-corrected chi connectivity index (χ0v) is 12.5. The second-order valence-corrected chi connectivity index (χ2v) is 5.38. The van der Waals surface area contributed by atoms with Crippen molar-refractivity contribution in [2.75, 3.05) is 13.1 Å². The SMILES string of the molecule is CC(C)CNC(=O)CNCc1ccc(C(N)=O)cc1Cl. The van der Waals surface area contributed by atoms with Gasteiger partial charge in [-0.2, -0.15) is 0 Å². The number of nitrogens with one attached hydrogen (secondary N) is 2. The molecule has 1 aromatic rings. The Bertz CT molecular complexity index is 489. The lowest BCUT2D eigenvalue weighted by Gasteiger charge is -2.09. The second-order valence-electron chi connectivity index (χ2n) is 4.97. The van der Waals surface area contributed by atoms with E-state index in [4.69, 9.17) is 17.3 Å². The molecule has 0 atom stereocenters. The number of rotatable bonds is 7. The fourth-order valence-electron chi connectivity index (χ4n) is 1.54. The van der Waals surface area contributed by atoms with E-state index in [1.54, 1.807) is 12.1 Å². The highest BCUT2D eigenvalue weighted by molar-refractivity contribution is 6.31. The van der Waals surface area contributed by atoms with Crippen LogP contribution in [0.1, 0.15) is 29.8 Å². The Kier molecular flexibility index (Phi) is 6.48. The molecule has 0 aliphatic rings. The number of amides is 2. The Hall–Kier alpha value is -1.59. The monoisotopic (exact) mass is 297 g/mol. The van der Waals surface area contributed by atoms with Gasteiger partial charge in [-0.15, -0.1) is 0 Å². The van der Waals surface area contributed by atoms with Gasteiger partial charge in [-0.25, -0.2) is 0 Å². The van der Waals surface area contributed by atoms with Crippen molar-refractivity contribution in [1.29, 1.82) is 0 Å². The number of nitrogens with two attached hydrogens (primary N) is 1. The van der Waals surface area contributed by atoms with E-state index in [1.165, 1.54) is 6.07 Å². The van der Waals surface area contributed by atoms with Crippen LogP contribution in [0.25, 0.3) is 0 Å². The van der Waals surface area contributed by atoms with E-state index >= 15 is 0 Å². The summed E-state index contributed by atoms with van der Waals surface area (Å²) in [4.78, 5) is 22.5. The number of hydrogen-bond donors (Lipinski definition) is 3. The molecule has 0 radical (unpaired) electrons. The first-order valence-electron chi connectivity index (χ1n) is 6.45. The molecule has 0 spiro atoms. The molecule has 4 N–H and O–H groups in total. The number of carbonyl (C=O) groups is 2. The fraction of sp³-hybridized carbons (Fsp3) is 0.429. The standard InChI is InChI=1S/C14H20ClN3O2/c1-9(2)6-18-13(19)8-17-7-11-4-3-10(14(16)20)5-12(11)15/h3-5,9,17H,6-8H2,1-2H3,(H2,16,20)(H,18,19). The molecule has 0 saturated carbocycles. The van der Waals surface area contributed by atoms with Crippen molar-refractivity contribution in [1.82, 2.24) is 10.6 Å². The van der Waals surface area contributed by atoms with Crippen LogP contribution in [0, 0.1) is 5.92 Å². The minimum atomic E-state index is -0.514. The molecule has 0 saturated heterocycles. The quantitative estimate of drug-likeness (QED) is 0.709. The van der Waals surface area contributed by atoms with Gasteiger partial charge in [0.25, 0.3) is 0 Å². The highest BCUT2D eigenvalue weighted by Crippen LogP contribution is 2.17. The Morgan fingerprint density at radius 2 is 2.05 bits per heavy atom. The molecule has 0 bridgehead atoms. The van der Waals surface area contributed by atoms with E-state index in [0.717, 1.165) is 5.56 Å². The van der Waals surface area contributed by atoms with Gasteiger partial charge in [0.15, 0.2) is 0 Å². The lowest BCUT2D eigenvalue weighted by atomic mass is 10.1.